The van der Waals surface area contributed by atoms with Crippen LogP contribution < -0.4 is 4.74 Å². The predicted molar refractivity (Wildman–Crippen MR) is 72.3 cm³/mol. The van der Waals surface area contributed by atoms with Crippen molar-refractivity contribution in [1.29, 1.82) is 0 Å². The lowest BCUT2D eigenvalue weighted by atomic mass is 10.0. The van der Waals surface area contributed by atoms with Crippen molar-refractivity contribution in [2.75, 3.05) is 7.11 Å². The van der Waals surface area contributed by atoms with Crippen molar-refractivity contribution in [3.05, 3.63) is 53.6 Å². The van der Waals surface area contributed by atoms with E-state index in [1.165, 1.54) is 0 Å². The first-order valence-corrected chi connectivity index (χ1v) is 6.28. The molecule has 0 saturated heterocycles. The number of hydrogen-bond acceptors (Lipinski definition) is 1. The Hall–Kier alpha value is -1.90. The van der Waals surface area contributed by atoms with E-state index in [-0.39, 0.29) is 5.56 Å². The average molecular weight is 262 g/mol. The van der Waals surface area contributed by atoms with Gasteiger partial charge in [0, 0.05) is 5.56 Å². The van der Waals surface area contributed by atoms with Gasteiger partial charge in [-0.25, -0.2) is 8.78 Å². The van der Waals surface area contributed by atoms with Crippen molar-refractivity contribution in [3.8, 4) is 16.9 Å². The zero-order valence-electron chi connectivity index (χ0n) is 11.0. The normalized spacial score (nSPS) is 10.5. The molecular weight excluding hydrogens is 246 g/mol. The molecule has 100 valence electrons. The first-order chi connectivity index (χ1) is 9.17. The molecule has 0 spiro atoms. The van der Waals surface area contributed by atoms with E-state index in [1.54, 1.807) is 43.5 Å². The Morgan fingerprint density at radius 3 is 2.21 bits per heavy atom. The second-order valence-electron chi connectivity index (χ2n) is 4.38. The summed E-state index contributed by atoms with van der Waals surface area (Å²) in [6.45, 7) is 1.94. The minimum absolute atomic E-state index is 0.278. The van der Waals surface area contributed by atoms with Crippen LogP contribution in [0.2, 0.25) is 0 Å². The van der Waals surface area contributed by atoms with Gasteiger partial charge in [-0.1, -0.05) is 37.6 Å². The van der Waals surface area contributed by atoms with Gasteiger partial charge >= 0.3 is 0 Å². The number of halogens is 2. The molecule has 0 aliphatic rings. The largest absolute Gasteiger partial charge is 0.497 e. The summed E-state index contributed by atoms with van der Waals surface area (Å²) in [4.78, 5) is 0. The Bertz CT molecular complexity index is 562. The summed E-state index contributed by atoms with van der Waals surface area (Å²) in [5.41, 5.74) is 1.34. The van der Waals surface area contributed by atoms with Crippen LogP contribution in [0.4, 0.5) is 8.78 Å². The first kappa shape index (κ1) is 13.5. The second-order valence-corrected chi connectivity index (χ2v) is 4.38. The van der Waals surface area contributed by atoms with Crippen LogP contribution >= 0.6 is 0 Å². The van der Waals surface area contributed by atoms with E-state index in [0.29, 0.717) is 23.3 Å². The standard InChI is InChI=1S/C16H16F2O/c1-3-4-12-7-10-14(16(18)15(12)17)11-5-8-13(19-2)9-6-11/h5-10H,3-4H2,1-2H3. The molecule has 0 N–H and O–H groups in total. The van der Waals surface area contributed by atoms with Crippen molar-refractivity contribution in [2.24, 2.45) is 0 Å². The highest BCUT2D eigenvalue weighted by atomic mass is 19.2. The molecule has 19 heavy (non-hydrogen) atoms. The van der Waals surface area contributed by atoms with E-state index >= 15 is 0 Å². The highest BCUT2D eigenvalue weighted by molar-refractivity contribution is 5.65. The lowest BCUT2D eigenvalue weighted by Gasteiger charge is -2.09. The van der Waals surface area contributed by atoms with Crippen molar-refractivity contribution < 1.29 is 13.5 Å². The Balaban J connectivity index is 2.41. The number of aryl methyl sites for hydroxylation is 1. The van der Waals surface area contributed by atoms with Gasteiger partial charge in [-0.05, 0) is 29.7 Å². The minimum Gasteiger partial charge on any atom is -0.497 e. The van der Waals surface area contributed by atoms with Gasteiger partial charge in [0.15, 0.2) is 11.6 Å². The van der Waals surface area contributed by atoms with Gasteiger partial charge in [-0.3, -0.25) is 0 Å². The van der Waals surface area contributed by atoms with E-state index in [0.717, 1.165) is 6.42 Å². The summed E-state index contributed by atoms with van der Waals surface area (Å²) in [5.74, 6) is -0.835. The van der Waals surface area contributed by atoms with Crippen LogP contribution in [0, 0.1) is 11.6 Å². The number of methoxy groups -OCH3 is 1. The summed E-state index contributed by atoms with van der Waals surface area (Å²) < 4.78 is 33.0. The smallest absolute Gasteiger partial charge is 0.166 e. The molecule has 2 rings (SSSR count). The first-order valence-electron chi connectivity index (χ1n) is 6.28. The Morgan fingerprint density at radius 1 is 0.947 bits per heavy atom. The SMILES string of the molecule is CCCc1ccc(-c2ccc(OC)cc2)c(F)c1F. The third kappa shape index (κ3) is 2.75. The molecule has 0 heterocycles. The van der Waals surface area contributed by atoms with Crippen LogP contribution in [-0.4, -0.2) is 7.11 Å². The van der Waals surface area contributed by atoms with E-state index in [2.05, 4.69) is 0 Å². The van der Waals surface area contributed by atoms with Gasteiger partial charge in [0.05, 0.1) is 7.11 Å². The van der Waals surface area contributed by atoms with Crippen molar-refractivity contribution >= 4 is 0 Å². The lowest BCUT2D eigenvalue weighted by molar-refractivity contribution is 0.415. The van der Waals surface area contributed by atoms with Crippen LogP contribution in [0.5, 0.6) is 5.75 Å². The van der Waals surface area contributed by atoms with Crippen LogP contribution in [-0.2, 0) is 6.42 Å². The maximum absolute atomic E-state index is 14.0. The molecule has 0 bridgehead atoms. The topological polar surface area (TPSA) is 9.23 Å². The molecule has 2 aromatic carbocycles. The van der Waals surface area contributed by atoms with Crippen LogP contribution in [0.3, 0.4) is 0 Å². The number of hydrogen-bond donors (Lipinski definition) is 0. The fraction of sp³-hybridized carbons (Fsp3) is 0.250. The fourth-order valence-electron chi connectivity index (χ4n) is 2.05. The van der Waals surface area contributed by atoms with E-state index in [9.17, 15) is 8.78 Å². The Labute approximate surface area is 111 Å². The van der Waals surface area contributed by atoms with Crippen LogP contribution in [0.15, 0.2) is 36.4 Å². The van der Waals surface area contributed by atoms with E-state index in [1.807, 2.05) is 6.92 Å². The van der Waals surface area contributed by atoms with Crippen molar-refractivity contribution in [2.45, 2.75) is 19.8 Å². The molecule has 2 aromatic rings. The highest BCUT2D eigenvalue weighted by Gasteiger charge is 2.14. The maximum Gasteiger partial charge on any atom is 0.166 e. The van der Waals surface area contributed by atoms with E-state index < -0.39 is 11.6 Å². The molecule has 0 atom stereocenters. The number of ether oxygens (including phenoxy) is 1. The molecule has 0 saturated carbocycles. The molecule has 0 fully saturated rings. The quantitative estimate of drug-likeness (QED) is 0.782. The molecular formula is C16H16F2O. The molecule has 0 unspecified atom stereocenters. The third-order valence-corrected chi connectivity index (χ3v) is 3.08. The Morgan fingerprint density at radius 2 is 1.63 bits per heavy atom. The van der Waals surface area contributed by atoms with Crippen LogP contribution in [0.25, 0.3) is 11.1 Å². The number of benzene rings is 2. The summed E-state index contributed by atoms with van der Waals surface area (Å²) in [7, 11) is 1.56. The average Bonchev–Trinajstić information content (AvgIpc) is 2.45. The summed E-state index contributed by atoms with van der Waals surface area (Å²) in [6.07, 6.45) is 1.34. The summed E-state index contributed by atoms with van der Waals surface area (Å²) in [5, 5.41) is 0. The van der Waals surface area contributed by atoms with Gasteiger partial charge in [-0.15, -0.1) is 0 Å². The predicted octanol–water partition coefficient (Wildman–Crippen LogP) is 4.59. The molecule has 0 aliphatic carbocycles. The van der Waals surface area contributed by atoms with Gasteiger partial charge in [0.2, 0.25) is 0 Å². The number of rotatable bonds is 4. The van der Waals surface area contributed by atoms with Gasteiger partial charge in [0.1, 0.15) is 5.75 Å². The monoisotopic (exact) mass is 262 g/mol. The fourth-order valence-corrected chi connectivity index (χ4v) is 2.05. The third-order valence-electron chi connectivity index (χ3n) is 3.08. The highest BCUT2D eigenvalue weighted by Crippen LogP contribution is 2.28. The zero-order valence-corrected chi connectivity index (χ0v) is 11.0. The zero-order chi connectivity index (χ0) is 13.8. The lowest BCUT2D eigenvalue weighted by Crippen LogP contribution is -1.97. The Kier molecular flexibility index (Phi) is 4.15. The van der Waals surface area contributed by atoms with Crippen LogP contribution in [0.1, 0.15) is 18.9 Å². The minimum atomic E-state index is -0.781. The van der Waals surface area contributed by atoms with Crippen molar-refractivity contribution in [1.82, 2.24) is 0 Å². The molecule has 0 amide bonds. The summed E-state index contributed by atoms with van der Waals surface area (Å²) in [6, 6.07) is 10.2. The molecule has 3 heteroatoms. The van der Waals surface area contributed by atoms with Gasteiger partial charge in [0.25, 0.3) is 0 Å². The second kappa shape index (κ2) is 5.83. The summed E-state index contributed by atoms with van der Waals surface area (Å²) >= 11 is 0. The molecule has 0 aliphatic heterocycles. The van der Waals surface area contributed by atoms with E-state index in [4.69, 9.17) is 4.74 Å². The maximum atomic E-state index is 14.0. The molecule has 1 nitrogen and oxygen atoms in total. The molecule has 0 aromatic heterocycles. The van der Waals surface area contributed by atoms with Gasteiger partial charge in [-0.2, -0.15) is 0 Å². The van der Waals surface area contributed by atoms with Gasteiger partial charge < -0.3 is 4.74 Å². The van der Waals surface area contributed by atoms with Crippen molar-refractivity contribution in [3.63, 3.8) is 0 Å². The molecule has 0 radical (unpaired) electrons.